The zero-order chi connectivity index (χ0) is 13.8. The molecule has 0 amide bonds. The lowest BCUT2D eigenvalue weighted by molar-refractivity contribution is -0.150. The highest BCUT2D eigenvalue weighted by molar-refractivity contribution is 9.13. The van der Waals surface area contributed by atoms with Crippen LogP contribution in [0.25, 0.3) is 0 Å². The van der Waals surface area contributed by atoms with E-state index in [0.717, 1.165) is 39.3 Å². The molecular weight excluding hydrogens is 396 g/mol. The summed E-state index contributed by atoms with van der Waals surface area (Å²) in [7, 11) is 0. The molecule has 1 N–H and O–H groups in total. The van der Waals surface area contributed by atoms with Crippen molar-refractivity contribution in [1.82, 2.24) is 10.2 Å². The summed E-state index contributed by atoms with van der Waals surface area (Å²) in [5.74, 6) is -0.161. The van der Waals surface area contributed by atoms with Crippen LogP contribution in [0.3, 0.4) is 0 Å². The highest BCUT2D eigenvalue weighted by Crippen LogP contribution is 2.38. The molecule has 0 saturated carbocycles. The van der Waals surface area contributed by atoms with Crippen molar-refractivity contribution in [3.8, 4) is 0 Å². The maximum atomic E-state index is 12.3. The van der Waals surface area contributed by atoms with Gasteiger partial charge in [-0.3, -0.25) is 4.90 Å². The number of esters is 1. The number of carbonyl (C=O) groups excluding carboxylic acids is 1. The lowest BCUT2D eigenvalue weighted by Crippen LogP contribution is -2.47. The molecule has 4 nitrogen and oxygen atoms in total. The van der Waals surface area contributed by atoms with Gasteiger partial charge < -0.3 is 10.1 Å². The number of nitrogens with one attached hydrogen (secondary N) is 1. The molecule has 0 aliphatic carbocycles. The summed E-state index contributed by atoms with van der Waals surface area (Å²) in [6.45, 7) is 5.78. The molecule has 1 unspecified atom stereocenters. The summed E-state index contributed by atoms with van der Waals surface area (Å²) in [6.07, 6.45) is 0. The zero-order valence-electron chi connectivity index (χ0n) is 10.6. The lowest BCUT2D eigenvalue weighted by Gasteiger charge is -2.32. The van der Waals surface area contributed by atoms with Gasteiger partial charge in [-0.25, -0.2) is 4.79 Å². The van der Waals surface area contributed by atoms with Crippen molar-refractivity contribution in [3.05, 3.63) is 19.2 Å². The van der Waals surface area contributed by atoms with Crippen LogP contribution in [0.5, 0.6) is 0 Å². The van der Waals surface area contributed by atoms with Gasteiger partial charge in [0.05, 0.1) is 10.4 Å². The van der Waals surface area contributed by atoms with E-state index in [9.17, 15) is 4.79 Å². The Balaban J connectivity index is 2.24. The first-order valence-electron chi connectivity index (χ1n) is 6.19. The van der Waals surface area contributed by atoms with E-state index < -0.39 is 0 Å². The molecule has 0 bridgehead atoms. The van der Waals surface area contributed by atoms with Gasteiger partial charge in [0.15, 0.2) is 0 Å². The predicted molar refractivity (Wildman–Crippen MR) is 83.5 cm³/mol. The summed E-state index contributed by atoms with van der Waals surface area (Å²) in [5.41, 5.74) is 0. The van der Waals surface area contributed by atoms with Crippen molar-refractivity contribution < 1.29 is 9.53 Å². The first-order chi connectivity index (χ1) is 9.13. The summed E-state index contributed by atoms with van der Waals surface area (Å²) < 4.78 is 7.23. The molecular formula is C12H16Br2N2O2S. The van der Waals surface area contributed by atoms with Gasteiger partial charge in [-0.15, -0.1) is 11.3 Å². The molecule has 2 rings (SSSR count). The van der Waals surface area contributed by atoms with E-state index in [1.54, 1.807) is 11.3 Å². The van der Waals surface area contributed by atoms with Crippen LogP contribution < -0.4 is 5.32 Å². The number of carbonyl (C=O) groups is 1. The van der Waals surface area contributed by atoms with Crippen molar-refractivity contribution in [3.63, 3.8) is 0 Å². The molecule has 1 aliphatic rings. The maximum Gasteiger partial charge on any atom is 0.328 e. The highest BCUT2D eigenvalue weighted by atomic mass is 79.9. The number of nitrogens with zero attached hydrogens (tertiary/aromatic N) is 1. The number of halogens is 2. The molecule has 1 atom stereocenters. The third-order valence-electron chi connectivity index (χ3n) is 2.96. The third kappa shape index (κ3) is 3.78. The number of hydrogen-bond donors (Lipinski definition) is 1. The zero-order valence-corrected chi connectivity index (χ0v) is 14.6. The molecule has 0 radical (unpaired) electrons. The van der Waals surface area contributed by atoms with Crippen molar-refractivity contribution in [1.29, 1.82) is 0 Å². The minimum atomic E-state index is -0.297. The summed E-state index contributed by atoms with van der Waals surface area (Å²) >= 11 is 8.54. The van der Waals surface area contributed by atoms with Crippen LogP contribution in [0.15, 0.2) is 14.3 Å². The molecule has 19 heavy (non-hydrogen) atoms. The molecule has 1 aromatic heterocycles. The molecule has 106 valence electrons. The Morgan fingerprint density at radius 1 is 1.53 bits per heavy atom. The van der Waals surface area contributed by atoms with E-state index in [1.807, 2.05) is 13.0 Å². The second-order valence-electron chi connectivity index (χ2n) is 4.21. The van der Waals surface area contributed by atoms with Crippen LogP contribution in [0, 0.1) is 0 Å². The van der Waals surface area contributed by atoms with E-state index in [2.05, 4.69) is 42.1 Å². The van der Waals surface area contributed by atoms with Crippen LogP contribution in [0.1, 0.15) is 17.8 Å². The standard InChI is InChI=1S/C12H16Br2N2O2S/c1-2-18-12(17)10(16-5-3-15-4-6-16)9-7-8(13)11(14)19-9/h7,10,15H,2-6H2,1H3. The topological polar surface area (TPSA) is 41.6 Å². The minimum absolute atomic E-state index is 0.161. The van der Waals surface area contributed by atoms with Gasteiger partial charge in [-0.2, -0.15) is 0 Å². The minimum Gasteiger partial charge on any atom is -0.465 e. The molecule has 0 spiro atoms. The molecule has 1 fully saturated rings. The second-order valence-corrected chi connectivity index (χ2v) is 7.47. The van der Waals surface area contributed by atoms with Gasteiger partial charge >= 0.3 is 5.97 Å². The van der Waals surface area contributed by atoms with E-state index >= 15 is 0 Å². The average molecular weight is 412 g/mol. The van der Waals surface area contributed by atoms with Crippen LogP contribution in [0.4, 0.5) is 0 Å². The number of rotatable bonds is 4. The van der Waals surface area contributed by atoms with Gasteiger partial charge in [-0.05, 0) is 44.8 Å². The monoisotopic (exact) mass is 410 g/mol. The Morgan fingerprint density at radius 3 is 2.74 bits per heavy atom. The fraction of sp³-hybridized carbons (Fsp3) is 0.583. The Hall–Kier alpha value is 0.0500. The van der Waals surface area contributed by atoms with E-state index in [4.69, 9.17) is 4.74 Å². The summed E-state index contributed by atoms with van der Waals surface area (Å²) in [6, 6.07) is 1.70. The Morgan fingerprint density at radius 2 is 2.21 bits per heavy atom. The van der Waals surface area contributed by atoms with Crippen molar-refractivity contribution in [2.45, 2.75) is 13.0 Å². The normalized spacial score (nSPS) is 18.3. The first-order valence-corrected chi connectivity index (χ1v) is 8.60. The van der Waals surface area contributed by atoms with Crippen LogP contribution in [-0.4, -0.2) is 43.7 Å². The van der Waals surface area contributed by atoms with Gasteiger partial charge in [0.25, 0.3) is 0 Å². The maximum absolute atomic E-state index is 12.3. The number of thiophene rings is 1. The smallest absolute Gasteiger partial charge is 0.328 e. The fourth-order valence-corrected chi connectivity index (χ4v) is 4.32. The SMILES string of the molecule is CCOC(=O)C(c1cc(Br)c(Br)s1)N1CCNCC1. The average Bonchev–Trinajstić information content (AvgIpc) is 2.71. The van der Waals surface area contributed by atoms with Crippen LogP contribution in [0.2, 0.25) is 0 Å². The molecule has 1 saturated heterocycles. The van der Waals surface area contributed by atoms with Crippen molar-refractivity contribution in [2.24, 2.45) is 0 Å². The van der Waals surface area contributed by atoms with Crippen LogP contribution in [-0.2, 0) is 9.53 Å². The quantitative estimate of drug-likeness (QED) is 0.773. The van der Waals surface area contributed by atoms with Crippen LogP contribution >= 0.6 is 43.2 Å². The van der Waals surface area contributed by atoms with Gasteiger partial charge in [0.1, 0.15) is 6.04 Å². The molecule has 1 aromatic rings. The number of piperazine rings is 1. The van der Waals surface area contributed by atoms with Gasteiger partial charge in [-0.1, -0.05) is 0 Å². The molecule has 7 heteroatoms. The Labute approximate surface area is 133 Å². The highest BCUT2D eigenvalue weighted by Gasteiger charge is 2.31. The second kappa shape index (κ2) is 7.17. The van der Waals surface area contributed by atoms with Crippen molar-refractivity contribution in [2.75, 3.05) is 32.8 Å². The largest absolute Gasteiger partial charge is 0.465 e. The molecule has 2 heterocycles. The third-order valence-corrected chi connectivity index (χ3v) is 6.27. The predicted octanol–water partition coefficient (Wildman–Crippen LogP) is 2.78. The molecule has 0 aromatic carbocycles. The summed E-state index contributed by atoms with van der Waals surface area (Å²) in [5, 5.41) is 3.30. The lowest BCUT2D eigenvalue weighted by atomic mass is 10.2. The number of hydrogen-bond acceptors (Lipinski definition) is 5. The summed E-state index contributed by atoms with van der Waals surface area (Å²) in [4.78, 5) is 15.4. The number of ether oxygens (including phenoxy) is 1. The first kappa shape index (κ1) is 15.4. The van der Waals surface area contributed by atoms with Gasteiger partial charge in [0, 0.05) is 35.5 Å². The Kier molecular flexibility index (Phi) is 5.83. The van der Waals surface area contributed by atoms with E-state index in [0.29, 0.717) is 6.61 Å². The Bertz CT molecular complexity index is 427. The van der Waals surface area contributed by atoms with E-state index in [-0.39, 0.29) is 12.0 Å². The van der Waals surface area contributed by atoms with Crippen molar-refractivity contribution >= 4 is 49.2 Å². The van der Waals surface area contributed by atoms with Gasteiger partial charge in [0.2, 0.25) is 0 Å². The fourth-order valence-electron chi connectivity index (χ4n) is 2.10. The molecule has 1 aliphatic heterocycles. The van der Waals surface area contributed by atoms with E-state index in [1.165, 1.54) is 0 Å².